The molecule has 4 heteroatoms. The molecule has 1 aromatic rings. The molecule has 2 N–H and O–H groups in total. The van der Waals surface area contributed by atoms with Crippen molar-refractivity contribution in [2.24, 2.45) is 0 Å². The molecule has 3 nitrogen and oxygen atoms in total. The molecule has 2 rings (SSSR count). The predicted octanol–water partition coefficient (Wildman–Crippen LogP) is 2.63. The fourth-order valence-corrected chi connectivity index (χ4v) is 2.32. The summed E-state index contributed by atoms with van der Waals surface area (Å²) in [5, 5.41) is 5.78. The highest BCUT2D eigenvalue weighted by molar-refractivity contribution is 7.99. The topological polar surface area (TPSA) is 41.1 Å². The molecule has 1 aliphatic rings. The van der Waals surface area contributed by atoms with E-state index in [0.29, 0.717) is 6.04 Å². The van der Waals surface area contributed by atoms with Crippen LogP contribution in [0.5, 0.6) is 0 Å². The minimum absolute atomic E-state index is 0.0165. The number of rotatable bonds is 6. The zero-order chi connectivity index (χ0) is 11.9. The van der Waals surface area contributed by atoms with Gasteiger partial charge in [0.1, 0.15) is 0 Å². The number of hydrogen-bond donors (Lipinski definition) is 2. The van der Waals surface area contributed by atoms with Gasteiger partial charge < -0.3 is 10.6 Å². The zero-order valence-electron chi connectivity index (χ0n) is 9.82. The van der Waals surface area contributed by atoms with Crippen LogP contribution in [0.1, 0.15) is 19.3 Å². The smallest absolute Gasteiger partial charge is 0.315 e. The summed E-state index contributed by atoms with van der Waals surface area (Å²) in [5.74, 6) is 1.04. The largest absolute Gasteiger partial charge is 0.338 e. The molecule has 0 spiro atoms. The van der Waals surface area contributed by atoms with Gasteiger partial charge in [-0.15, -0.1) is 11.8 Å². The fraction of sp³-hybridized carbons (Fsp3) is 0.462. The first-order chi connectivity index (χ1) is 8.34. The lowest BCUT2D eigenvalue weighted by molar-refractivity contribution is 0.240. The molecule has 0 saturated heterocycles. The van der Waals surface area contributed by atoms with Gasteiger partial charge in [0.05, 0.1) is 0 Å². The van der Waals surface area contributed by atoms with Crippen LogP contribution in [-0.4, -0.2) is 24.4 Å². The molecule has 0 heterocycles. The highest BCUT2D eigenvalue weighted by Crippen LogP contribution is 2.18. The van der Waals surface area contributed by atoms with Gasteiger partial charge in [0, 0.05) is 17.5 Å². The Morgan fingerprint density at radius 2 is 2.06 bits per heavy atom. The summed E-state index contributed by atoms with van der Waals surface area (Å²) in [4.78, 5) is 12.6. The zero-order valence-corrected chi connectivity index (χ0v) is 10.6. The lowest BCUT2D eigenvalue weighted by Gasteiger charge is -2.06. The maximum atomic E-state index is 11.3. The Hall–Kier alpha value is -1.16. The maximum Gasteiger partial charge on any atom is 0.315 e. The van der Waals surface area contributed by atoms with Crippen LogP contribution >= 0.6 is 11.8 Å². The highest BCUT2D eigenvalue weighted by atomic mass is 32.2. The van der Waals surface area contributed by atoms with E-state index in [4.69, 9.17) is 0 Å². The fourth-order valence-electron chi connectivity index (χ4n) is 1.44. The van der Waals surface area contributed by atoms with Crippen LogP contribution in [0.25, 0.3) is 0 Å². The molecule has 0 radical (unpaired) electrons. The number of carbonyl (C=O) groups excluding carboxylic acids is 1. The van der Waals surface area contributed by atoms with Gasteiger partial charge in [-0.2, -0.15) is 0 Å². The standard InChI is InChI=1S/C13H18N2OS/c16-13(15-11-7-8-11)14-9-4-10-17-12-5-2-1-3-6-12/h1-3,5-6,11H,4,7-10H2,(H2,14,15,16). The quantitative estimate of drug-likeness (QED) is 0.602. The van der Waals surface area contributed by atoms with Gasteiger partial charge in [-0.3, -0.25) is 0 Å². The lowest BCUT2D eigenvalue weighted by Crippen LogP contribution is -2.37. The number of hydrogen-bond acceptors (Lipinski definition) is 2. The first kappa shape index (κ1) is 12.3. The second kappa shape index (κ2) is 6.55. The number of benzene rings is 1. The predicted molar refractivity (Wildman–Crippen MR) is 71.3 cm³/mol. The average Bonchev–Trinajstić information content (AvgIpc) is 3.14. The number of carbonyl (C=O) groups is 1. The molecule has 0 aromatic heterocycles. The number of urea groups is 1. The summed E-state index contributed by atoms with van der Waals surface area (Å²) in [7, 11) is 0. The summed E-state index contributed by atoms with van der Waals surface area (Å²) in [6, 6.07) is 10.8. The van der Waals surface area contributed by atoms with E-state index in [9.17, 15) is 4.79 Å². The van der Waals surface area contributed by atoms with E-state index >= 15 is 0 Å². The van der Waals surface area contributed by atoms with Crippen molar-refractivity contribution in [3.05, 3.63) is 30.3 Å². The van der Waals surface area contributed by atoms with Gasteiger partial charge in [0.2, 0.25) is 0 Å². The summed E-state index contributed by atoms with van der Waals surface area (Å²) < 4.78 is 0. The van der Waals surface area contributed by atoms with Gasteiger partial charge in [-0.05, 0) is 37.1 Å². The first-order valence-corrected chi connectivity index (χ1v) is 7.05. The highest BCUT2D eigenvalue weighted by Gasteiger charge is 2.22. The van der Waals surface area contributed by atoms with E-state index in [1.165, 1.54) is 4.90 Å². The Labute approximate surface area is 106 Å². The third-order valence-electron chi connectivity index (χ3n) is 2.53. The van der Waals surface area contributed by atoms with Gasteiger partial charge >= 0.3 is 6.03 Å². The van der Waals surface area contributed by atoms with Crippen molar-refractivity contribution in [2.75, 3.05) is 12.3 Å². The average molecular weight is 250 g/mol. The van der Waals surface area contributed by atoms with E-state index < -0.39 is 0 Å². The van der Waals surface area contributed by atoms with Gasteiger partial charge in [-0.1, -0.05) is 18.2 Å². The van der Waals surface area contributed by atoms with Crippen LogP contribution in [-0.2, 0) is 0 Å². The van der Waals surface area contributed by atoms with Crippen LogP contribution in [0, 0.1) is 0 Å². The van der Waals surface area contributed by atoms with Crippen molar-refractivity contribution in [1.29, 1.82) is 0 Å². The molecule has 0 bridgehead atoms. The molecule has 92 valence electrons. The van der Waals surface area contributed by atoms with Crippen molar-refractivity contribution >= 4 is 17.8 Å². The Morgan fingerprint density at radius 1 is 1.29 bits per heavy atom. The Kier molecular flexibility index (Phi) is 4.74. The number of amides is 2. The molecular weight excluding hydrogens is 232 g/mol. The van der Waals surface area contributed by atoms with E-state index in [1.54, 1.807) is 0 Å². The van der Waals surface area contributed by atoms with Crippen LogP contribution in [0.15, 0.2) is 35.2 Å². The first-order valence-electron chi connectivity index (χ1n) is 6.07. The number of nitrogens with one attached hydrogen (secondary N) is 2. The third kappa shape index (κ3) is 5.13. The Balaban J connectivity index is 1.50. The number of thioether (sulfide) groups is 1. The molecule has 17 heavy (non-hydrogen) atoms. The van der Waals surface area contributed by atoms with Crippen molar-refractivity contribution < 1.29 is 4.79 Å². The van der Waals surface area contributed by atoms with Gasteiger partial charge in [-0.25, -0.2) is 4.79 Å². The minimum Gasteiger partial charge on any atom is -0.338 e. The van der Waals surface area contributed by atoms with Crippen molar-refractivity contribution in [3.8, 4) is 0 Å². The molecule has 1 fully saturated rings. The summed E-state index contributed by atoms with van der Waals surface area (Å²) >= 11 is 1.83. The normalized spacial score (nSPS) is 14.4. The van der Waals surface area contributed by atoms with Gasteiger partial charge in [0.25, 0.3) is 0 Å². The second-order valence-corrected chi connectivity index (χ2v) is 5.36. The molecule has 0 unspecified atom stereocenters. The second-order valence-electron chi connectivity index (χ2n) is 4.19. The van der Waals surface area contributed by atoms with Crippen LogP contribution in [0.4, 0.5) is 4.79 Å². The minimum atomic E-state index is -0.0165. The molecule has 1 aromatic carbocycles. The molecule has 2 amide bonds. The Morgan fingerprint density at radius 3 is 2.76 bits per heavy atom. The van der Waals surface area contributed by atoms with Gasteiger partial charge in [0.15, 0.2) is 0 Å². The van der Waals surface area contributed by atoms with Crippen LogP contribution < -0.4 is 10.6 Å². The van der Waals surface area contributed by atoms with E-state index in [0.717, 1.165) is 31.6 Å². The molecule has 1 saturated carbocycles. The molecule has 1 aliphatic carbocycles. The summed E-state index contributed by atoms with van der Waals surface area (Å²) in [6.07, 6.45) is 3.27. The lowest BCUT2D eigenvalue weighted by atomic mass is 10.4. The van der Waals surface area contributed by atoms with Crippen molar-refractivity contribution in [2.45, 2.75) is 30.2 Å². The Bertz CT molecular complexity index is 352. The van der Waals surface area contributed by atoms with Crippen molar-refractivity contribution in [1.82, 2.24) is 10.6 Å². The van der Waals surface area contributed by atoms with Crippen molar-refractivity contribution in [3.63, 3.8) is 0 Å². The SMILES string of the molecule is O=C(NCCCSc1ccccc1)NC1CC1. The summed E-state index contributed by atoms with van der Waals surface area (Å²) in [5.41, 5.74) is 0. The third-order valence-corrected chi connectivity index (χ3v) is 3.63. The van der Waals surface area contributed by atoms with E-state index in [-0.39, 0.29) is 6.03 Å². The maximum absolute atomic E-state index is 11.3. The van der Waals surface area contributed by atoms with E-state index in [1.807, 2.05) is 30.0 Å². The molecule has 0 atom stereocenters. The van der Waals surface area contributed by atoms with E-state index in [2.05, 4.69) is 22.8 Å². The summed E-state index contributed by atoms with van der Waals surface area (Å²) in [6.45, 7) is 0.748. The monoisotopic (exact) mass is 250 g/mol. The van der Waals surface area contributed by atoms with Crippen LogP contribution in [0.2, 0.25) is 0 Å². The van der Waals surface area contributed by atoms with Crippen LogP contribution in [0.3, 0.4) is 0 Å². The molecular formula is C13H18N2OS. The molecule has 0 aliphatic heterocycles.